The Hall–Kier alpha value is -2.19. The molecular formula is C13H19ClN6O2. The van der Waals surface area contributed by atoms with E-state index in [1.165, 1.54) is 13.3 Å². The van der Waals surface area contributed by atoms with Crippen LogP contribution in [-0.2, 0) is 4.74 Å². The molecule has 0 bridgehead atoms. The van der Waals surface area contributed by atoms with Crippen molar-refractivity contribution < 1.29 is 9.53 Å². The summed E-state index contributed by atoms with van der Waals surface area (Å²) in [6.45, 7) is 1.82. The third-order valence-electron chi connectivity index (χ3n) is 2.81. The SMILES string of the molecule is COC(=O)c1ccc(-n2nc(N(C)C)nc2[C@H](C)N)nc1.Cl. The van der Waals surface area contributed by atoms with E-state index in [9.17, 15) is 4.79 Å². The molecule has 9 heteroatoms. The zero-order valence-electron chi connectivity index (χ0n) is 12.8. The molecule has 0 amide bonds. The second kappa shape index (κ2) is 7.19. The fourth-order valence-electron chi connectivity index (χ4n) is 1.72. The predicted molar refractivity (Wildman–Crippen MR) is 84.7 cm³/mol. The van der Waals surface area contributed by atoms with Crippen molar-refractivity contribution in [3.63, 3.8) is 0 Å². The van der Waals surface area contributed by atoms with Gasteiger partial charge in [-0.25, -0.2) is 9.78 Å². The van der Waals surface area contributed by atoms with Crippen molar-refractivity contribution in [2.75, 3.05) is 26.1 Å². The number of nitrogens with zero attached hydrogens (tertiary/aromatic N) is 5. The fourth-order valence-corrected chi connectivity index (χ4v) is 1.72. The Balaban J connectivity index is 0.00000242. The van der Waals surface area contributed by atoms with Crippen molar-refractivity contribution in [3.05, 3.63) is 29.7 Å². The normalized spacial score (nSPS) is 11.5. The van der Waals surface area contributed by atoms with E-state index in [0.717, 1.165) is 0 Å². The van der Waals surface area contributed by atoms with Gasteiger partial charge in [0.1, 0.15) is 0 Å². The van der Waals surface area contributed by atoms with Gasteiger partial charge in [0.05, 0.1) is 18.7 Å². The Bertz CT molecular complexity index is 638. The van der Waals surface area contributed by atoms with Crippen LogP contribution in [0.2, 0.25) is 0 Å². The molecule has 0 saturated heterocycles. The molecule has 2 aromatic rings. The van der Waals surface area contributed by atoms with Gasteiger partial charge in [-0.3, -0.25) is 0 Å². The van der Waals surface area contributed by atoms with Crippen LogP contribution in [0, 0.1) is 0 Å². The highest BCUT2D eigenvalue weighted by Crippen LogP contribution is 2.16. The third-order valence-corrected chi connectivity index (χ3v) is 2.81. The van der Waals surface area contributed by atoms with Crippen molar-refractivity contribution in [2.45, 2.75) is 13.0 Å². The number of carbonyl (C=O) groups excluding carboxylic acids is 1. The molecule has 1 atom stereocenters. The molecule has 2 N–H and O–H groups in total. The van der Waals surface area contributed by atoms with Crippen LogP contribution in [0.5, 0.6) is 0 Å². The average molecular weight is 327 g/mol. The minimum atomic E-state index is -0.436. The lowest BCUT2D eigenvalue weighted by atomic mass is 10.3. The summed E-state index contributed by atoms with van der Waals surface area (Å²) in [5, 5.41) is 4.37. The molecule has 2 heterocycles. The molecule has 0 radical (unpaired) electrons. The molecule has 22 heavy (non-hydrogen) atoms. The third kappa shape index (κ3) is 3.52. The molecule has 120 valence electrons. The van der Waals surface area contributed by atoms with Crippen molar-refractivity contribution in [1.82, 2.24) is 19.7 Å². The highest BCUT2D eigenvalue weighted by molar-refractivity contribution is 5.88. The lowest BCUT2D eigenvalue weighted by molar-refractivity contribution is 0.0600. The quantitative estimate of drug-likeness (QED) is 0.835. The monoisotopic (exact) mass is 326 g/mol. The maximum atomic E-state index is 11.4. The Morgan fingerprint density at radius 1 is 1.41 bits per heavy atom. The number of methoxy groups -OCH3 is 1. The number of nitrogens with two attached hydrogens (primary N) is 1. The molecular weight excluding hydrogens is 308 g/mol. The predicted octanol–water partition coefficient (Wildman–Crippen LogP) is 0.956. The summed E-state index contributed by atoms with van der Waals surface area (Å²) in [4.78, 5) is 21.8. The summed E-state index contributed by atoms with van der Waals surface area (Å²) in [6.07, 6.45) is 1.43. The number of hydrogen-bond donors (Lipinski definition) is 1. The van der Waals surface area contributed by atoms with E-state index in [1.54, 1.807) is 21.7 Å². The van der Waals surface area contributed by atoms with Crippen molar-refractivity contribution in [2.24, 2.45) is 5.73 Å². The van der Waals surface area contributed by atoms with Gasteiger partial charge in [0.25, 0.3) is 0 Å². The maximum Gasteiger partial charge on any atom is 0.339 e. The van der Waals surface area contributed by atoms with Gasteiger partial charge in [0, 0.05) is 20.3 Å². The van der Waals surface area contributed by atoms with Crippen LogP contribution in [0.4, 0.5) is 5.95 Å². The van der Waals surface area contributed by atoms with E-state index in [-0.39, 0.29) is 18.4 Å². The summed E-state index contributed by atoms with van der Waals surface area (Å²) in [5.41, 5.74) is 6.29. The smallest absolute Gasteiger partial charge is 0.339 e. The van der Waals surface area contributed by atoms with Gasteiger partial charge in [-0.15, -0.1) is 17.5 Å². The van der Waals surface area contributed by atoms with Crippen molar-refractivity contribution in [3.8, 4) is 5.82 Å². The van der Waals surface area contributed by atoms with Gasteiger partial charge < -0.3 is 15.4 Å². The summed E-state index contributed by atoms with van der Waals surface area (Å²) in [6, 6.07) is 3.00. The number of pyridine rings is 1. The Kier molecular flexibility index (Phi) is 5.84. The van der Waals surface area contributed by atoms with Crippen LogP contribution in [0.25, 0.3) is 5.82 Å². The number of rotatable bonds is 4. The van der Waals surface area contributed by atoms with Crippen LogP contribution in [-0.4, -0.2) is 46.9 Å². The first-order chi connectivity index (χ1) is 9.93. The number of hydrogen-bond acceptors (Lipinski definition) is 7. The number of aromatic nitrogens is 4. The molecule has 2 aromatic heterocycles. The fraction of sp³-hybridized carbons (Fsp3) is 0.385. The standard InChI is InChI=1S/C13H18N6O2.ClH/c1-8(14)11-16-13(18(2)3)17-19(11)10-6-5-9(7-15-10)12(20)21-4;/h5-8H,14H2,1-4H3;1H/t8-;/m0./s1. The molecule has 0 fully saturated rings. The first-order valence-electron chi connectivity index (χ1n) is 6.38. The minimum Gasteiger partial charge on any atom is -0.465 e. The van der Waals surface area contributed by atoms with Crippen LogP contribution in [0.1, 0.15) is 29.1 Å². The van der Waals surface area contributed by atoms with Gasteiger partial charge in [-0.1, -0.05) is 0 Å². The molecule has 0 aliphatic rings. The van der Waals surface area contributed by atoms with E-state index < -0.39 is 5.97 Å². The maximum absolute atomic E-state index is 11.4. The van der Waals surface area contributed by atoms with E-state index in [2.05, 4.69) is 19.8 Å². The summed E-state index contributed by atoms with van der Waals surface area (Å²) >= 11 is 0. The topological polar surface area (TPSA) is 99.2 Å². The average Bonchev–Trinajstić information content (AvgIpc) is 2.92. The zero-order valence-corrected chi connectivity index (χ0v) is 13.7. The summed E-state index contributed by atoms with van der Waals surface area (Å²) < 4.78 is 6.21. The zero-order chi connectivity index (χ0) is 15.6. The van der Waals surface area contributed by atoms with E-state index in [4.69, 9.17) is 5.73 Å². The van der Waals surface area contributed by atoms with Crippen LogP contribution < -0.4 is 10.6 Å². The molecule has 8 nitrogen and oxygen atoms in total. The summed E-state index contributed by atoms with van der Waals surface area (Å²) in [7, 11) is 5.02. The Morgan fingerprint density at radius 3 is 2.55 bits per heavy atom. The highest BCUT2D eigenvalue weighted by Gasteiger charge is 2.17. The second-order valence-electron chi connectivity index (χ2n) is 4.76. The van der Waals surface area contributed by atoms with E-state index >= 15 is 0 Å². The van der Waals surface area contributed by atoms with Gasteiger partial charge in [0.15, 0.2) is 11.6 Å². The molecule has 0 spiro atoms. The van der Waals surface area contributed by atoms with Crippen molar-refractivity contribution >= 4 is 24.3 Å². The molecule has 0 aliphatic heterocycles. The number of carbonyl (C=O) groups is 1. The lowest BCUT2D eigenvalue weighted by Crippen LogP contribution is -2.14. The number of esters is 1. The molecule has 0 aliphatic carbocycles. The number of anilines is 1. The molecule has 0 unspecified atom stereocenters. The van der Waals surface area contributed by atoms with E-state index in [0.29, 0.717) is 23.2 Å². The first-order valence-corrected chi connectivity index (χ1v) is 6.38. The number of halogens is 1. The van der Waals surface area contributed by atoms with Crippen LogP contribution in [0.15, 0.2) is 18.3 Å². The van der Waals surface area contributed by atoms with Crippen molar-refractivity contribution in [1.29, 1.82) is 0 Å². The molecule has 0 aromatic carbocycles. The first kappa shape index (κ1) is 17.9. The Labute approximate surface area is 134 Å². The van der Waals surface area contributed by atoms with Gasteiger partial charge in [0.2, 0.25) is 5.95 Å². The molecule has 0 saturated carbocycles. The van der Waals surface area contributed by atoms with Crippen LogP contribution >= 0.6 is 12.4 Å². The minimum absolute atomic E-state index is 0. The lowest BCUT2D eigenvalue weighted by Gasteiger charge is -2.07. The second-order valence-corrected chi connectivity index (χ2v) is 4.76. The highest BCUT2D eigenvalue weighted by atomic mass is 35.5. The number of ether oxygens (including phenoxy) is 1. The van der Waals surface area contributed by atoms with Crippen LogP contribution in [0.3, 0.4) is 0 Å². The van der Waals surface area contributed by atoms with E-state index in [1.807, 2.05) is 21.0 Å². The van der Waals surface area contributed by atoms with Gasteiger partial charge >= 0.3 is 5.97 Å². The largest absolute Gasteiger partial charge is 0.465 e. The summed E-state index contributed by atoms with van der Waals surface area (Å²) in [5.74, 6) is 1.24. The Morgan fingerprint density at radius 2 is 2.09 bits per heavy atom. The van der Waals surface area contributed by atoms with Gasteiger partial charge in [-0.05, 0) is 19.1 Å². The molecule has 2 rings (SSSR count). The van der Waals surface area contributed by atoms with Gasteiger partial charge in [-0.2, -0.15) is 9.67 Å².